The van der Waals surface area contributed by atoms with Crippen LogP contribution in [0, 0.1) is 13.8 Å². The van der Waals surface area contributed by atoms with Crippen molar-refractivity contribution in [2.24, 2.45) is 0 Å². The molecule has 1 amide bonds. The number of nitrogens with zero attached hydrogens (tertiary/aromatic N) is 1. The van der Waals surface area contributed by atoms with Crippen LogP contribution >= 0.6 is 0 Å². The first-order valence-corrected chi connectivity index (χ1v) is 9.17. The van der Waals surface area contributed by atoms with Crippen molar-refractivity contribution in [2.45, 2.75) is 20.5 Å². The van der Waals surface area contributed by atoms with Gasteiger partial charge in [-0.05, 0) is 55.8 Å². The van der Waals surface area contributed by atoms with Gasteiger partial charge in [-0.2, -0.15) is 0 Å². The summed E-state index contributed by atoms with van der Waals surface area (Å²) in [6.07, 6.45) is 1.69. The zero-order valence-corrected chi connectivity index (χ0v) is 16.1. The van der Waals surface area contributed by atoms with Crippen LogP contribution in [0.4, 0.5) is 5.82 Å². The Balaban J connectivity index is 1.71. The summed E-state index contributed by atoms with van der Waals surface area (Å²) in [5.74, 6) is 1.63. The SMILES string of the molecule is Cc1ccc(Oc2cc(C(=O)Nc3ccc(C)cn3)cc3oc(CO)cc23)cc1. The average molecular weight is 388 g/mol. The van der Waals surface area contributed by atoms with Crippen LogP contribution in [-0.2, 0) is 6.61 Å². The highest BCUT2D eigenvalue weighted by atomic mass is 16.5. The number of nitrogens with one attached hydrogen (secondary N) is 1. The van der Waals surface area contributed by atoms with E-state index in [9.17, 15) is 9.90 Å². The smallest absolute Gasteiger partial charge is 0.257 e. The number of rotatable bonds is 5. The third-order valence-electron chi connectivity index (χ3n) is 4.47. The lowest BCUT2D eigenvalue weighted by Gasteiger charge is -2.10. The van der Waals surface area contributed by atoms with E-state index in [0.29, 0.717) is 39.6 Å². The van der Waals surface area contributed by atoms with E-state index >= 15 is 0 Å². The Kier molecular flexibility index (Phi) is 5.01. The molecule has 4 aromatic rings. The minimum absolute atomic E-state index is 0.243. The highest BCUT2D eigenvalue weighted by molar-refractivity contribution is 6.06. The van der Waals surface area contributed by atoms with Crippen molar-refractivity contribution in [3.05, 3.63) is 83.2 Å². The summed E-state index contributed by atoms with van der Waals surface area (Å²) < 4.78 is 11.7. The Morgan fingerprint density at radius 2 is 1.83 bits per heavy atom. The van der Waals surface area contributed by atoms with E-state index in [1.165, 1.54) is 0 Å². The lowest BCUT2D eigenvalue weighted by atomic mass is 10.1. The number of fused-ring (bicyclic) bond motifs is 1. The largest absolute Gasteiger partial charge is 0.458 e. The van der Waals surface area contributed by atoms with Gasteiger partial charge in [0.1, 0.15) is 35.3 Å². The van der Waals surface area contributed by atoms with Gasteiger partial charge >= 0.3 is 0 Å². The molecule has 0 unspecified atom stereocenters. The number of aryl methyl sites for hydroxylation is 2. The molecular formula is C23H20N2O4. The number of hydrogen-bond donors (Lipinski definition) is 2. The summed E-state index contributed by atoms with van der Waals surface area (Å²) in [6, 6.07) is 16.2. The fourth-order valence-electron chi connectivity index (χ4n) is 2.92. The summed E-state index contributed by atoms with van der Waals surface area (Å²) in [7, 11) is 0. The monoisotopic (exact) mass is 388 g/mol. The van der Waals surface area contributed by atoms with E-state index in [0.717, 1.165) is 11.1 Å². The number of aliphatic hydroxyl groups excluding tert-OH is 1. The van der Waals surface area contributed by atoms with E-state index in [1.54, 1.807) is 30.5 Å². The van der Waals surface area contributed by atoms with Crippen molar-refractivity contribution in [3.8, 4) is 11.5 Å². The fraction of sp³-hybridized carbons (Fsp3) is 0.130. The molecule has 2 aromatic heterocycles. The highest BCUT2D eigenvalue weighted by Crippen LogP contribution is 2.34. The van der Waals surface area contributed by atoms with Gasteiger partial charge in [0.25, 0.3) is 5.91 Å². The second-order valence-corrected chi connectivity index (χ2v) is 6.85. The topological polar surface area (TPSA) is 84.6 Å². The number of aromatic nitrogens is 1. The van der Waals surface area contributed by atoms with Gasteiger partial charge in [-0.3, -0.25) is 4.79 Å². The van der Waals surface area contributed by atoms with Crippen LogP contribution < -0.4 is 10.1 Å². The number of ether oxygens (including phenoxy) is 1. The molecule has 0 fully saturated rings. The number of anilines is 1. The number of furan rings is 1. The van der Waals surface area contributed by atoms with E-state index < -0.39 is 0 Å². The Hall–Kier alpha value is -3.64. The minimum Gasteiger partial charge on any atom is -0.458 e. The molecule has 0 bridgehead atoms. The highest BCUT2D eigenvalue weighted by Gasteiger charge is 2.16. The zero-order valence-electron chi connectivity index (χ0n) is 16.1. The van der Waals surface area contributed by atoms with Crippen molar-refractivity contribution in [1.29, 1.82) is 0 Å². The summed E-state index contributed by atoms with van der Waals surface area (Å²) in [6.45, 7) is 3.68. The van der Waals surface area contributed by atoms with Crippen molar-refractivity contribution in [2.75, 3.05) is 5.32 Å². The zero-order chi connectivity index (χ0) is 20.4. The number of carbonyl (C=O) groups excluding carboxylic acids is 1. The van der Waals surface area contributed by atoms with Gasteiger partial charge in [0.15, 0.2) is 0 Å². The van der Waals surface area contributed by atoms with Gasteiger partial charge in [-0.15, -0.1) is 0 Å². The van der Waals surface area contributed by atoms with Crippen LogP contribution in [0.1, 0.15) is 27.2 Å². The van der Waals surface area contributed by atoms with Gasteiger partial charge in [0.2, 0.25) is 0 Å². The van der Waals surface area contributed by atoms with Gasteiger partial charge in [-0.25, -0.2) is 4.98 Å². The molecule has 2 aromatic carbocycles. The van der Waals surface area contributed by atoms with Crippen LogP contribution in [0.15, 0.2) is 65.2 Å². The first-order valence-electron chi connectivity index (χ1n) is 9.17. The summed E-state index contributed by atoms with van der Waals surface area (Å²) in [4.78, 5) is 17.0. The molecule has 0 atom stereocenters. The third kappa shape index (κ3) is 4.12. The Morgan fingerprint density at radius 3 is 2.52 bits per heavy atom. The van der Waals surface area contributed by atoms with Crippen molar-refractivity contribution in [3.63, 3.8) is 0 Å². The fourth-order valence-corrected chi connectivity index (χ4v) is 2.92. The maximum absolute atomic E-state index is 12.8. The molecule has 2 heterocycles. The van der Waals surface area contributed by atoms with Crippen LogP contribution in [0.5, 0.6) is 11.5 Å². The number of amides is 1. The number of pyridine rings is 1. The summed E-state index contributed by atoms with van der Waals surface area (Å²) in [5.41, 5.74) is 2.94. The van der Waals surface area contributed by atoms with Crippen LogP contribution in [0.25, 0.3) is 11.0 Å². The molecular weight excluding hydrogens is 368 g/mol. The predicted molar refractivity (Wildman–Crippen MR) is 110 cm³/mol. The summed E-state index contributed by atoms with van der Waals surface area (Å²) >= 11 is 0. The molecule has 2 N–H and O–H groups in total. The molecule has 0 aliphatic carbocycles. The molecule has 0 saturated carbocycles. The normalized spacial score (nSPS) is 10.9. The van der Waals surface area contributed by atoms with Crippen molar-refractivity contribution < 1.29 is 19.1 Å². The number of hydrogen-bond acceptors (Lipinski definition) is 5. The van der Waals surface area contributed by atoms with Crippen LogP contribution in [0.3, 0.4) is 0 Å². The van der Waals surface area contributed by atoms with Gasteiger partial charge < -0.3 is 19.6 Å². The van der Waals surface area contributed by atoms with Crippen molar-refractivity contribution >= 4 is 22.7 Å². The first-order chi connectivity index (χ1) is 14.0. The molecule has 29 heavy (non-hydrogen) atoms. The lowest BCUT2D eigenvalue weighted by Crippen LogP contribution is -2.13. The number of aliphatic hydroxyl groups is 1. The van der Waals surface area contributed by atoms with E-state index in [4.69, 9.17) is 9.15 Å². The summed E-state index contributed by atoms with van der Waals surface area (Å²) in [5, 5.41) is 12.9. The molecule has 6 heteroatoms. The Labute approximate surface area is 167 Å². The van der Waals surface area contributed by atoms with E-state index in [1.807, 2.05) is 44.2 Å². The Morgan fingerprint density at radius 1 is 1.07 bits per heavy atom. The molecule has 0 radical (unpaired) electrons. The number of carbonyl (C=O) groups is 1. The number of benzene rings is 2. The van der Waals surface area contributed by atoms with Gasteiger partial charge in [0.05, 0.1) is 5.39 Å². The molecule has 0 saturated heterocycles. The maximum atomic E-state index is 12.8. The molecule has 6 nitrogen and oxygen atoms in total. The van der Waals surface area contributed by atoms with E-state index in [2.05, 4.69) is 10.3 Å². The molecule has 0 spiro atoms. The average Bonchev–Trinajstić information content (AvgIpc) is 3.15. The standard InChI is InChI=1S/C23H20N2O4/c1-14-3-6-17(7-4-14)28-20-9-16(10-21-19(20)11-18(13-26)29-21)23(27)25-22-8-5-15(2)12-24-22/h3-12,26H,13H2,1-2H3,(H,24,25,27). The molecule has 0 aliphatic heterocycles. The quantitative estimate of drug-likeness (QED) is 0.504. The maximum Gasteiger partial charge on any atom is 0.257 e. The minimum atomic E-state index is -0.334. The predicted octanol–water partition coefficient (Wildman–Crippen LogP) is 4.98. The third-order valence-corrected chi connectivity index (χ3v) is 4.47. The van der Waals surface area contributed by atoms with E-state index in [-0.39, 0.29) is 12.5 Å². The van der Waals surface area contributed by atoms with Gasteiger partial charge in [-0.1, -0.05) is 23.8 Å². The molecule has 146 valence electrons. The van der Waals surface area contributed by atoms with Crippen molar-refractivity contribution in [1.82, 2.24) is 4.98 Å². The van der Waals surface area contributed by atoms with Crippen LogP contribution in [0.2, 0.25) is 0 Å². The van der Waals surface area contributed by atoms with Crippen LogP contribution in [-0.4, -0.2) is 16.0 Å². The first kappa shape index (κ1) is 18.7. The Bertz CT molecular complexity index is 1160. The molecule has 4 rings (SSSR count). The van der Waals surface area contributed by atoms with Gasteiger partial charge in [0, 0.05) is 11.8 Å². The molecule has 0 aliphatic rings. The second-order valence-electron chi connectivity index (χ2n) is 6.85. The lowest BCUT2D eigenvalue weighted by molar-refractivity contribution is 0.102. The second kappa shape index (κ2) is 7.77.